The summed E-state index contributed by atoms with van der Waals surface area (Å²) in [5, 5.41) is 21.5. The van der Waals surface area contributed by atoms with Crippen molar-refractivity contribution in [3.63, 3.8) is 0 Å². The molecular weight excluding hydrogens is 642 g/mol. The molecule has 0 aliphatic carbocycles. The number of benzene rings is 5. The summed E-state index contributed by atoms with van der Waals surface area (Å²) in [6, 6.07) is 38.1. The quantitative estimate of drug-likeness (QED) is 0.159. The Bertz CT molecular complexity index is 1550. The zero-order chi connectivity index (χ0) is 32.8. The molecule has 2 N–H and O–H groups in total. The van der Waals surface area contributed by atoms with Crippen molar-refractivity contribution in [1.29, 1.82) is 0 Å². The largest absolute Gasteiger partial charge is 3.00 e. The molecule has 4 heteroatoms. The molecule has 0 fully saturated rings. The van der Waals surface area contributed by atoms with E-state index in [1.54, 1.807) is 0 Å². The minimum absolute atomic E-state index is 0. The van der Waals surface area contributed by atoms with Gasteiger partial charge < -0.3 is 15.1 Å². The van der Waals surface area contributed by atoms with Gasteiger partial charge in [-0.2, -0.15) is 49.2 Å². The van der Waals surface area contributed by atoms with Crippen molar-refractivity contribution < 1.29 is 36.4 Å². The number of likely N-dealkylation sites (N-methyl/N-ethyl adjacent to an activating group) is 1. The van der Waals surface area contributed by atoms with Gasteiger partial charge in [0.1, 0.15) is 11.5 Å². The Kier molecular flexibility index (Phi) is 16.5. The van der Waals surface area contributed by atoms with Gasteiger partial charge in [-0.25, -0.2) is 0 Å². The van der Waals surface area contributed by atoms with Gasteiger partial charge >= 0.3 is 26.2 Å². The standard InChI is InChI=1S/C28H35NO2.2C7H7.Zr/c1-19(2)25-17-20(3)15-23(27(25)30)11-13-29(5)14-12-24-16-21(4)18-26(28(24)31)22-9-7-6-8-10-22;2*1-7-5-3-2-4-6-7;/h6-10,15-19,30-31H,11-14H2,1-5H3;2*2-6H,1H2;/q;2*-1;+3. The van der Waals surface area contributed by atoms with Gasteiger partial charge in [-0.05, 0) is 73.5 Å². The molecule has 0 saturated carbocycles. The number of hydrogen-bond acceptors (Lipinski definition) is 3. The number of nitrogens with zero attached hydrogens (tertiary/aromatic N) is 1. The van der Waals surface area contributed by atoms with E-state index >= 15 is 0 Å². The maximum Gasteiger partial charge on any atom is 3.00 e. The number of hydrogen-bond donors (Lipinski definition) is 2. The maximum atomic E-state index is 10.9. The SMILES string of the molecule is Cc1cc(CCN(C)CCc2cc(C)cc(C(C)C)c2O)c(O)c(-c2ccccc2)c1.[CH2-]c1ccccc1.[CH2-]c1ccccc1.[Zr+3]. The molecule has 0 atom stereocenters. The predicted octanol–water partition coefficient (Wildman–Crippen LogP) is 9.96. The van der Waals surface area contributed by atoms with Gasteiger partial charge in [-0.15, -0.1) is 24.3 Å². The van der Waals surface area contributed by atoms with E-state index in [9.17, 15) is 10.2 Å². The molecule has 5 aromatic rings. The molecule has 237 valence electrons. The van der Waals surface area contributed by atoms with Gasteiger partial charge in [0.2, 0.25) is 0 Å². The molecule has 1 radical (unpaired) electrons. The van der Waals surface area contributed by atoms with Crippen LogP contribution in [0.2, 0.25) is 0 Å². The normalized spacial score (nSPS) is 10.3. The molecule has 0 aliphatic rings. The first-order chi connectivity index (χ1) is 21.5. The number of phenols is 2. The van der Waals surface area contributed by atoms with Crippen LogP contribution in [0.1, 0.15) is 58.7 Å². The van der Waals surface area contributed by atoms with E-state index < -0.39 is 0 Å². The Morgan fingerprint density at radius 3 is 1.43 bits per heavy atom. The number of aryl methyl sites for hydroxylation is 2. The molecule has 0 amide bonds. The number of aromatic hydroxyl groups is 2. The van der Waals surface area contributed by atoms with Gasteiger partial charge in [0, 0.05) is 18.7 Å². The van der Waals surface area contributed by atoms with Gasteiger partial charge in [0.25, 0.3) is 0 Å². The summed E-state index contributed by atoms with van der Waals surface area (Å²) in [5.41, 5.74) is 9.43. The summed E-state index contributed by atoms with van der Waals surface area (Å²) in [5.74, 6) is 1.13. The summed E-state index contributed by atoms with van der Waals surface area (Å²) >= 11 is 0. The molecule has 0 unspecified atom stereocenters. The smallest absolute Gasteiger partial charge is 0.507 e. The second kappa shape index (κ2) is 19.7. The van der Waals surface area contributed by atoms with Crippen molar-refractivity contribution >= 4 is 0 Å². The first kappa shape index (κ1) is 38.5. The van der Waals surface area contributed by atoms with Crippen LogP contribution >= 0.6 is 0 Å². The van der Waals surface area contributed by atoms with Crippen LogP contribution in [-0.2, 0) is 39.0 Å². The maximum absolute atomic E-state index is 10.9. The molecule has 0 bridgehead atoms. The third-order valence-corrected chi connectivity index (χ3v) is 7.61. The average molecular weight is 691 g/mol. The summed E-state index contributed by atoms with van der Waals surface area (Å²) in [4.78, 5) is 2.26. The third kappa shape index (κ3) is 12.6. The molecular formula is C42H49NO2Zr+. The van der Waals surface area contributed by atoms with Crippen molar-refractivity contribution in [2.24, 2.45) is 0 Å². The Labute approximate surface area is 297 Å². The fourth-order valence-electron chi connectivity index (χ4n) is 5.09. The van der Waals surface area contributed by atoms with E-state index in [1.165, 1.54) is 5.56 Å². The van der Waals surface area contributed by atoms with Crippen molar-refractivity contribution in [2.45, 2.75) is 46.5 Å². The molecule has 5 rings (SSSR count). The molecule has 0 spiro atoms. The molecule has 0 heterocycles. The van der Waals surface area contributed by atoms with E-state index in [0.717, 1.165) is 70.4 Å². The zero-order valence-electron chi connectivity index (χ0n) is 28.1. The fourth-order valence-corrected chi connectivity index (χ4v) is 5.09. The second-order valence-electron chi connectivity index (χ2n) is 12.0. The first-order valence-electron chi connectivity index (χ1n) is 15.7. The van der Waals surface area contributed by atoms with Crippen LogP contribution in [0.3, 0.4) is 0 Å². The second-order valence-corrected chi connectivity index (χ2v) is 12.0. The van der Waals surface area contributed by atoms with Crippen LogP contribution in [0, 0.1) is 27.7 Å². The summed E-state index contributed by atoms with van der Waals surface area (Å²) in [6.07, 6.45) is 1.58. The van der Waals surface area contributed by atoms with E-state index in [0.29, 0.717) is 17.4 Å². The van der Waals surface area contributed by atoms with Gasteiger partial charge in [0.05, 0.1) is 0 Å². The topological polar surface area (TPSA) is 43.7 Å². The Morgan fingerprint density at radius 1 is 0.609 bits per heavy atom. The van der Waals surface area contributed by atoms with E-state index in [1.807, 2.05) is 97.1 Å². The van der Waals surface area contributed by atoms with Crippen molar-refractivity contribution in [3.8, 4) is 22.6 Å². The minimum atomic E-state index is 0. The molecule has 5 aromatic carbocycles. The van der Waals surface area contributed by atoms with E-state index in [2.05, 4.69) is 71.7 Å². The van der Waals surface area contributed by atoms with Gasteiger partial charge in [0.15, 0.2) is 0 Å². The number of rotatable bonds is 8. The predicted molar refractivity (Wildman–Crippen MR) is 192 cm³/mol. The Morgan fingerprint density at radius 2 is 1.02 bits per heavy atom. The van der Waals surface area contributed by atoms with Crippen LogP contribution in [-0.4, -0.2) is 35.3 Å². The van der Waals surface area contributed by atoms with Crippen molar-refractivity contribution in [3.05, 3.63) is 168 Å². The first-order valence-corrected chi connectivity index (χ1v) is 15.7. The molecule has 0 aromatic heterocycles. The molecule has 46 heavy (non-hydrogen) atoms. The average Bonchev–Trinajstić information content (AvgIpc) is 3.03. The zero-order valence-corrected chi connectivity index (χ0v) is 30.6. The molecule has 0 saturated heterocycles. The summed E-state index contributed by atoms with van der Waals surface area (Å²) < 4.78 is 0. The van der Waals surface area contributed by atoms with Crippen molar-refractivity contribution in [2.75, 3.05) is 20.1 Å². The number of phenolic OH excluding ortho intramolecular Hbond substituents is 2. The van der Waals surface area contributed by atoms with Gasteiger partial charge in [-0.3, -0.25) is 0 Å². The summed E-state index contributed by atoms with van der Waals surface area (Å²) in [7, 11) is 2.10. The third-order valence-electron chi connectivity index (χ3n) is 7.61. The van der Waals surface area contributed by atoms with Crippen LogP contribution in [0.25, 0.3) is 11.1 Å². The van der Waals surface area contributed by atoms with Crippen LogP contribution in [0.15, 0.2) is 115 Å². The Hall–Kier alpha value is -3.72. The minimum Gasteiger partial charge on any atom is -0.507 e. The molecule has 0 aliphatic heterocycles. The van der Waals surface area contributed by atoms with Gasteiger partial charge in [-0.1, -0.05) is 80.1 Å². The molecule has 3 nitrogen and oxygen atoms in total. The Balaban J connectivity index is 0.000000401. The summed E-state index contributed by atoms with van der Waals surface area (Å²) in [6.45, 7) is 17.5. The van der Waals surface area contributed by atoms with Crippen LogP contribution in [0.5, 0.6) is 11.5 Å². The van der Waals surface area contributed by atoms with Crippen LogP contribution < -0.4 is 0 Å². The monoisotopic (exact) mass is 689 g/mol. The van der Waals surface area contributed by atoms with Crippen molar-refractivity contribution in [1.82, 2.24) is 4.90 Å². The fraction of sp³-hybridized carbons (Fsp3) is 0.238. The van der Waals surface area contributed by atoms with E-state index in [-0.39, 0.29) is 26.2 Å². The van der Waals surface area contributed by atoms with Crippen LogP contribution in [0.4, 0.5) is 0 Å². The van der Waals surface area contributed by atoms with E-state index in [4.69, 9.17) is 0 Å².